The lowest BCUT2D eigenvalue weighted by atomic mass is 10.2. The summed E-state index contributed by atoms with van der Waals surface area (Å²) in [5, 5.41) is 11.8. The topological polar surface area (TPSA) is 84.9 Å². The number of rotatable bonds is 7. The van der Waals surface area contributed by atoms with Crippen LogP contribution in [-0.2, 0) is 4.79 Å². The lowest BCUT2D eigenvalue weighted by molar-refractivity contribution is -0.123. The molecule has 0 aromatic heterocycles. The van der Waals surface area contributed by atoms with Crippen LogP contribution in [-0.4, -0.2) is 37.2 Å². The average molecular weight is 279 g/mol. The summed E-state index contributed by atoms with van der Waals surface area (Å²) in [6.45, 7) is 0.468. The average Bonchev–Trinajstić information content (AvgIpc) is 3.26. The summed E-state index contributed by atoms with van der Waals surface area (Å²) in [7, 11) is 1.45. The molecular weight excluding hydrogens is 262 g/mol. The van der Waals surface area contributed by atoms with Crippen LogP contribution in [0, 0.1) is 5.92 Å². The van der Waals surface area contributed by atoms with Crippen LogP contribution in [0.3, 0.4) is 0 Å². The molecule has 2 rings (SSSR count). The number of aromatic carboxylic acids is 1. The molecule has 0 bridgehead atoms. The van der Waals surface area contributed by atoms with Crippen LogP contribution in [0.25, 0.3) is 0 Å². The molecule has 1 aromatic rings. The Balaban J connectivity index is 1.93. The number of carboxylic acids is 1. The molecule has 2 N–H and O–H groups in total. The molecular formula is C14H17NO5. The SMILES string of the molecule is COc1ccc(OCC(=O)NCC2CC2)c(C(=O)O)c1. The Morgan fingerprint density at radius 2 is 2.15 bits per heavy atom. The van der Waals surface area contributed by atoms with Crippen molar-refractivity contribution >= 4 is 11.9 Å². The van der Waals surface area contributed by atoms with Gasteiger partial charge in [0.25, 0.3) is 5.91 Å². The highest BCUT2D eigenvalue weighted by Gasteiger charge is 2.21. The van der Waals surface area contributed by atoms with Gasteiger partial charge in [0.2, 0.25) is 0 Å². The minimum atomic E-state index is -1.13. The maximum Gasteiger partial charge on any atom is 0.339 e. The van der Waals surface area contributed by atoms with E-state index >= 15 is 0 Å². The van der Waals surface area contributed by atoms with E-state index in [0.717, 1.165) is 12.8 Å². The molecule has 6 nitrogen and oxygen atoms in total. The molecule has 1 aliphatic rings. The number of nitrogens with one attached hydrogen (secondary N) is 1. The first-order chi connectivity index (χ1) is 9.60. The van der Waals surface area contributed by atoms with Gasteiger partial charge in [-0.05, 0) is 37.0 Å². The molecule has 20 heavy (non-hydrogen) atoms. The number of hydrogen-bond acceptors (Lipinski definition) is 4. The van der Waals surface area contributed by atoms with Gasteiger partial charge in [-0.3, -0.25) is 4.79 Å². The van der Waals surface area contributed by atoms with Gasteiger partial charge in [0.15, 0.2) is 6.61 Å². The van der Waals surface area contributed by atoms with Crippen LogP contribution in [0.15, 0.2) is 18.2 Å². The zero-order chi connectivity index (χ0) is 14.5. The predicted molar refractivity (Wildman–Crippen MR) is 71.2 cm³/mol. The number of methoxy groups -OCH3 is 1. The molecule has 1 fully saturated rings. The Hall–Kier alpha value is -2.24. The Morgan fingerprint density at radius 3 is 2.75 bits per heavy atom. The number of carbonyl (C=O) groups is 2. The van der Waals surface area contributed by atoms with E-state index in [0.29, 0.717) is 18.2 Å². The van der Waals surface area contributed by atoms with E-state index in [2.05, 4.69) is 5.32 Å². The maximum atomic E-state index is 11.5. The first kappa shape index (κ1) is 14.2. The number of carbonyl (C=O) groups excluding carboxylic acids is 1. The number of amides is 1. The first-order valence-corrected chi connectivity index (χ1v) is 6.41. The van der Waals surface area contributed by atoms with Crippen LogP contribution < -0.4 is 14.8 Å². The third-order valence-corrected chi connectivity index (χ3v) is 3.06. The fraction of sp³-hybridized carbons (Fsp3) is 0.429. The normalized spacial score (nSPS) is 13.7. The third-order valence-electron chi connectivity index (χ3n) is 3.06. The van der Waals surface area contributed by atoms with Crippen molar-refractivity contribution in [2.45, 2.75) is 12.8 Å². The second-order valence-electron chi connectivity index (χ2n) is 4.70. The summed E-state index contributed by atoms with van der Waals surface area (Å²) in [4.78, 5) is 22.7. The van der Waals surface area contributed by atoms with E-state index in [-0.39, 0.29) is 23.8 Å². The molecule has 0 aliphatic heterocycles. The molecule has 0 saturated heterocycles. The van der Waals surface area contributed by atoms with Gasteiger partial charge < -0.3 is 19.9 Å². The Kier molecular flexibility index (Phi) is 4.45. The summed E-state index contributed by atoms with van der Waals surface area (Å²) in [5.41, 5.74) is -0.0284. The van der Waals surface area contributed by atoms with Gasteiger partial charge in [-0.2, -0.15) is 0 Å². The molecule has 0 unspecified atom stereocenters. The molecule has 1 aromatic carbocycles. The van der Waals surface area contributed by atoms with Crippen LogP contribution in [0.1, 0.15) is 23.2 Å². The van der Waals surface area contributed by atoms with Gasteiger partial charge >= 0.3 is 5.97 Å². The van der Waals surface area contributed by atoms with Gasteiger partial charge in [-0.15, -0.1) is 0 Å². The summed E-state index contributed by atoms with van der Waals surface area (Å²) < 4.78 is 10.2. The van der Waals surface area contributed by atoms with Crippen LogP contribution in [0.4, 0.5) is 0 Å². The van der Waals surface area contributed by atoms with Crippen molar-refractivity contribution in [2.24, 2.45) is 5.92 Å². The van der Waals surface area contributed by atoms with Crippen molar-refractivity contribution < 1.29 is 24.2 Å². The van der Waals surface area contributed by atoms with Crippen molar-refractivity contribution in [3.8, 4) is 11.5 Å². The van der Waals surface area contributed by atoms with E-state index in [1.165, 1.54) is 19.2 Å². The molecule has 1 aliphatic carbocycles. The zero-order valence-electron chi connectivity index (χ0n) is 11.2. The monoisotopic (exact) mass is 279 g/mol. The molecule has 1 amide bonds. The Labute approximate surface area is 116 Å². The molecule has 0 atom stereocenters. The fourth-order valence-electron chi connectivity index (χ4n) is 1.70. The highest BCUT2D eigenvalue weighted by molar-refractivity contribution is 5.91. The van der Waals surface area contributed by atoms with Crippen LogP contribution in [0.2, 0.25) is 0 Å². The minimum Gasteiger partial charge on any atom is -0.497 e. The van der Waals surface area contributed by atoms with Gasteiger partial charge in [0.1, 0.15) is 17.1 Å². The van der Waals surface area contributed by atoms with E-state index < -0.39 is 5.97 Å². The van der Waals surface area contributed by atoms with E-state index in [9.17, 15) is 9.59 Å². The van der Waals surface area contributed by atoms with Crippen molar-refractivity contribution in [1.29, 1.82) is 0 Å². The number of carboxylic acid groups (broad SMARTS) is 1. The smallest absolute Gasteiger partial charge is 0.339 e. The quantitative estimate of drug-likeness (QED) is 0.785. The third kappa shape index (κ3) is 3.88. The summed E-state index contributed by atoms with van der Waals surface area (Å²) in [6.07, 6.45) is 2.31. The van der Waals surface area contributed by atoms with Crippen LogP contribution in [0.5, 0.6) is 11.5 Å². The van der Waals surface area contributed by atoms with Crippen molar-refractivity contribution in [3.63, 3.8) is 0 Å². The van der Waals surface area contributed by atoms with Gasteiger partial charge in [-0.25, -0.2) is 4.79 Å². The molecule has 1 saturated carbocycles. The summed E-state index contributed by atoms with van der Waals surface area (Å²) in [6, 6.07) is 4.43. The molecule has 6 heteroatoms. The maximum absolute atomic E-state index is 11.5. The zero-order valence-corrected chi connectivity index (χ0v) is 11.2. The number of hydrogen-bond donors (Lipinski definition) is 2. The second-order valence-corrected chi connectivity index (χ2v) is 4.70. The van der Waals surface area contributed by atoms with Gasteiger partial charge in [0, 0.05) is 6.54 Å². The van der Waals surface area contributed by atoms with E-state index in [1.54, 1.807) is 6.07 Å². The van der Waals surface area contributed by atoms with Crippen LogP contribution >= 0.6 is 0 Å². The molecule has 108 valence electrons. The van der Waals surface area contributed by atoms with Gasteiger partial charge in [0.05, 0.1) is 7.11 Å². The molecule has 0 spiro atoms. The second kappa shape index (κ2) is 6.27. The first-order valence-electron chi connectivity index (χ1n) is 6.41. The lowest BCUT2D eigenvalue weighted by Crippen LogP contribution is -2.30. The lowest BCUT2D eigenvalue weighted by Gasteiger charge is -2.10. The predicted octanol–water partition coefficient (Wildman–Crippen LogP) is 1.30. The molecule has 0 radical (unpaired) electrons. The van der Waals surface area contributed by atoms with Crippen molar-refractivity contribution in [1.82, 2.24) is 5.32 Å². The highest BCUT2D eigenvalue weighted by Crippen LogP contribution is 2.27. The van der Waals surface area contributed by atoms with Gasteiger partial charge in [-0.1, -0.05) is 0 Å². The molecule has 0 heterocycles. The highest BCUT2D eigenvalue weighted by atomic mass is 16.5. The fourth-order valence-corrected chi connectivity index (χ4v) is 1.70. The Morgan fingerprint density at radius 1 is 1.40 bits per heavy atom. The van der Waals surface area contributed by atoms with E-state index in [1.807, 2.05) is 0 Å². The van der Waals surface area contributed by atoms with Crippen molar-refractivity contribution in [3.05, 3.63) is 23.8 Å². The van der Waals surface area contributed by atoms with Crippen molar-refractivity contribution in [2.75, 3.05) is 20.3 Å². The Bertz CT molecular complexity index is 510. The minimum absolute atomic E-state index is 0.0284. The number of benzene rings is 1. The largest absolute Gasteiger partial charge is 0.497 e. The van der Waals surface area contributed by atoms with E-state index in [4.69, 9.17) is 14.6 Å². The standard InChI is InChI=1S/C14H17NO5/c1-19-10-4-5-12(11(6-10)14(17)18)20-8-13(16)15-7-9-2-3-9/h4-6,9H,2-3,7-8H2,1H3,(H,15,16)(H,17,18). The number of ether oxygens (including phenoxy) is 2. The summed E-state index contributed by atoms with van der Waals surface area (Å²) >= 11 is 0. The summed E-state index contributed by atoms with van der Waals surface area (Å²) in [5.74, 6) is -0.205.